The van der Waals surface area contributed by atoms with Gasteiger partial charge in [-0.1, -0.05) is 30.3 Å². The predicted molar refractivity (Wildman–Crippen MR) is 50.1 cm³/mol. The van der Waals surface area contributed by atoms with Crippen LogP contribution in [0.4, 0.5) is 0 Å². The van der Waals surface area contributed by atoms with E-state index in [0.29, 0.717) is 6.42 Å². The van der Waals surface area contributed by atoms with E-state index in [4.69, 9.17) is 7.10 Å². The lowest BCUT2D eigenvalue weighted by atomic mass is 10.1. The lowest BCUT2D eigenvalue weighted by molar-refractivity contribution is -0.142. The molecule has 0 saturated carbocycles. The third-order valence-electron chi connectivity index (χ3n) is 1.74. The van der Waals surface area contributed by atoms with E-state index in [9.17, 15) is 4.79 Å². The average molecular weight is 180 g/mol. The number of methoxy groups -OCH3 is 1. The molecule has 0 spiro atoms. The summed E-state index contributed by atoms with van der Waals surface area (Å²) in [5.74, 6) is -0.524. The van der Waals surface area contributed by atoms with Gasteiger partial charge in [0.15, 0.2) is 0 Å². The summed E-state index contributed by atoms with van der Waals surface area (Å²) in [6, 6.07) is 8.79. The van der Waals surface area contributed by atoms with Crippen molar-refractivity contribution in [2.24, 2.45) is 5.73 Å². The Labute approximate surface area is 78.9 Å². The number of benzene rings is 1. The zero-order valence-corrected chi connectivity index (χ0v) is 7.27. The Bertz CT molecular complexity index is 289. The van der Waals surface area contributed by atoms with E-state index < -0.39 is 12.0 Å². The minimum absolute atomic E-state index is 0.374. The van der Waals surface area contributed by atoms with Crippen LogP contribution >= 0.6 is 0 Å². The quantitative estimate of drug-likeness (QED) is 0.698. The molecule has 3 heteroatoms. The monoisotopic (exact) mass is 180 g/mol. The van der Waals surface area contributed by atoms with Gasteiger partial charge in [-0.3, -0.25) is 4.79 Å². The zero-order chi connectivity index (χ0) is 10.4. The number of nitrogens with two attached hydrogens (primary N) is 1. The summed E-state index contributed by atoms with van der Waals surface area (Å²) < 4.78 is 11.2. The molecule has 1 rings (SSSR count). The Balaban J connectivity index is 2.49. The van der Waals surface area contributed by atoms with Crippen LogP contribution < -0.4 is 5.73 Å². The summed E-state index contributed by atoms with van der Waals surface area (Å²) >= 11 is 0. The van der Waals surface area contributed by atoms with Crippen LogP contribution in [-0.4, -0.2) is 19.1 Å². The number of carbonyl (C=O) groups excluding carboxylic acids is 1. The lowest BCUT2D eigenvalue weighted by Crippen LogP contribution is -2.33. The maximum absolute atomic E-state index is 11.1. The largest absolute Gasteiger partial charge is 0.468 e. The Morgan fingerprint density at radius 2 is 2.31 bits per heavy atom. The molecule has 0 aromatic heterocycles. The van der Waals surface area contributed by atoms with Crippen molar-refractivity contribution in [2.45, 2.75) is 12.5 Å². The molecule has 0 amide bonds. The van der Waals surface area contributed by atoms with Crippen LogP contribution in [0.2, 0.25) is 0 Å². The fourth-order valence-corrected chi connectivity index (χ4v) is 1.06. The van der Waals surface area contributed by atoms with Gasteiger partial charge in [-0.2, -0.15) is 0 Å². The van der Waals surface area contributed by atoms with E-state index in [1.54, 1.807) is 0 Å². The molecule has 1 atom stereocenters. The van der Waals surface area contributed by atoms with Crippen molar-refractivity contribution >= 4 is 5.97 Å². The molecule has 1 aromatic carbocycles. The first-order valence-corrected chi connectivity index (χ1v) is 3.99. The number of rotatable bonds is 3. The second-order valence-corrected chi connectivity index (χ2v) is 2.76. The van der Waals surface area contributed by atoms with E-state index >= 15 is 0 Å². The van der Waals surface area contributed by atoms with Crippen molar-refractivity contribution in [3.05, 3.63) is 35.9 Å². The molecule has 1 aromatic rings. The van der Waals surface area contributed by atoms with Crippen LogP contribution in [0.25, 0.3) is 0 Å². The van der Waals surface area contributed by atoms with Gasteiger partial charge >= 0.3 is 5.97 Å². The number of hydrogen-bond donors (Lipinski definition) is 1. The van der Waals surface area contributed by atoms with Crippen LogP contribution in [-0.2, 0) is 16.0 Å². The molecule has 0 fully saturated rings. The van der Waals surface area contributed by atoms with E-state index in [1.807, 2.05) is 30.3 Å². The average Bonchev–Trinajstić information content (AvgIpc) is 2.19. The van der Waals surface area contributed by atoms with Gasteiger partial charge < -0.3 is 10.5 Å². The summed E-state index contributed by atoms with van der Waals surface area (Å²) in [4.78, 5) is 11.1. The highest BCUT2D eigenvalue weighted by atomic mass is 16.5. The number of esters is 1. The predicted octanol–water partition coefficient (Wildman–Crippen LogP) is 0.729. The van der Waals surface area contributed by atoms with Gasteiger partial charge in [0, 0.05) is 0 Å². The van der Waals surface area contributed by atoms with Crippen molar-refractivity contribution < 1.29 is 10.9 Å². The van der Waals surface area contributed by atoms with Crippen LogP contribution in [0.15, 0.2) is 30.3 Å². The number of ether oxygens (including phenoxy) is 1. The minimum Gasteiger partial charge on any atom is -0.468 e. The van der Waals surface area contributed by atoms with E-state index in [1.165, 1.54) is 0 Å². The fourth-order valence-electron chi connectivity index (χ4n) is 1.06. The van der Waals surface area contributed by atoms with Gasteiger partial charge in [0.2, 0.25) is 0 Å². The van der Waals surface area contributed by atoms with Gasteiger partial charge in [-0.05, 0) is 12.0 Å². The van der Waals surface area contributed by atoms with Crippen molar-refractivity contribution in [1.82, 2.24) is 0 Å². The molecule has 0 aliphatic carbocycles. The molecule has 0 radical (unpaired) electrons. The van der Waals surface area contributed by atoms with Gasteiger partial charge in [-0.25, -0.2) is 0 Å². The Hall–Kier alpha value is -1.35. The van der Waals surface area contributed by atoms with Crippen molar-refractivity contribution in [3.8, 4) is 0 Å². The third kappa shape index (κ3) is 2.87. The first-order valence-electron chi connectivity index (χ1n) is 4.70. The lowest BCUT2D eigenvalue weighted by Gasteiger charge is -2.08. The first-order chi connectivity index (χ1) is 6.74. The van der Waals surface area contributed by atoms with E-state index in [-0.39, 0.29) is 7.09 Å². The maximum atomic E-state index is 11.1. The summed E-state index contributed by atoms with van der Waals surface area (Å²) in [5.41, 5.74) is 6.57. The van der Waals surface area contributed by atoms with Gasteiger partial charge in [0.1, 0.15) is 6.04 Å². The summed E-state index contributed by atoms with van der Waals surface area (Å²) in [6.07, 6.45) is 0.444. The molecule has 0 aliphatic rings. The Morgan fingerprint density at radius 3 is 2.92 bits per heavy atom. The molecule has 2 N–H and O–H groups in total. The van der Waals surface area contributed by atoms with E-state index in [0.717, 1.165) is 5.56 Å². The SMILES string of the molecule is [2H]COC(=O)[C@@H](N)Cc1ccccc1. The maximum Gasteiger partial charge on any atom is 0.322 e. The van der Waals surface area contributed by atoms with Gasteiger partial charge in [-0.15, -0.1) is 0 Å². The van der Waals surface area contributed by atoms with Crippen molar-refractivity contribution in [1.29, 1.82) is 0 Å². The van der Waals surface area contributed by atoms with Crippen LogP contribution in [0.1, 0.15) is 6.93 Å². The smallest absolute Gasteiger partial charge is 0.322 e. The van der Waals surface area contributed by atoms with E-state index in [2.05, 4.69) is 4.74 Å². The van der Waals surface area contributed by atoms with Crippen molar-refractivity contribution in [3.63, 3.8) is 0 Å². The topological polar surface area (TPSA) is 52.3 Å². The summed E-state index contributed by atoms with van der Waals surface area (Å²) in [7, 11) is -0.374. The molecule has 0 bridgehead atoms. The molecule has 3 nitrogen and oxygen atoms in total. The van der Waals surface area contributed by atoms with Gasteiger partial charge in [0.25, 0.3) is 0 Å². The normalized spacial score (nSPS) is 13.2. The minimum atomic E-state index is -0.678. The summed E-state index contributed by atoms with van der Waals surface area (Å²) in [6.45, 7) is 0. The molecule has 13 heavy (non-hydrogen) atoms. The fraction of sp³-hybridized carbons (Fsp3) is 0.300. The highest BCUT2D eigenvalue weighted by molar-refractivity contribution is 5.75. The van der Waals surface area contributed by atoms with Crippen molar-refractivity contribution in [2.75, 3.05) is 7.09 Å². The Morgan fingerprint density at radius 1 is 1.62 bits per heavy atom. The summed E-state index contributed by atoms with van der Waals surface area (Å²) in [5, 5.41) is 0. The third-order valence-corrected chi connectivity index (χ3v) is 1.74. The van der Waals surface area contributed by atoms with Crippen LogP contribution in [0.5, 0.6) is 0 Å². The second-order valence-electron chi connectivity index (χ2n) is 2.76. The molecule has 70 valence electrons. The second kappa shape index (κ2) is 4.62. The standard InChI is InChI=1S/C10H13NO2/c1-13-10(12)9(11)7-8-5-3-2-4-6-8/h2-6,9H,7,11H2,1H3/t9-/m0/s1/i1D. The Kier molecular flexibility index (Phi) is 2.94. The number of hydrogen-bond acceptors (Lipinski definition) is 3. The number of carbonyl (C=O) groups is 1. The highest BCUT2D eigenvalue weighted by Gasteiger charge is 2.13. The molecular weight excluding hydrogens is 166 g/mol. The molecule has 0 unspecified atom stereocenters. The molecular formula is C10H13NO2. The zero-order valence-electron chi connectivity index (χ0n) is 8.27. The molecule has 0 saturated heterocycles. The van der Waals surface area contributed by atoms with Crippen LogP contribution in [0.3, 0.4) is 0 Å². The molecule has 0 heterocycles. The molecule has 0 aliphatic heterocycles. The van der Waals surface area contributed by atoms with Gasteiger partial charge in [0.05, 0.1) is 8.46 Å². The highest BCUT2D eigenvalue weighted by Crippen LogP contribution is 2.02. The first kappa shape index (κ1) is 8.26. The van der Waals surface area contributed by atoms with Crippen LogP contribution in [0, 0.1) is 0 Å².